The Morgan fingerprint density at radius 2 is 1.90 bits per heavy atom. The summed E-state index contributed by atoms with van der Waals surface area (Å²) in [6, 6.07) is 13.5. The van der Waals surface area contributed by atoms with Crippen molar-refractivity contribution in [1.82, 2.24) is 4.98 Å². The minimum atomic E-state index is -0.500. The Morgan fingerprint density at radius 3 is 2.60 bits per heavy atom. The molecule has 0 aliphatic carbocycles. The maximum atomic E-state index is 11.4. The number of methoxy groups -OCH3 is 1. The van der Waals surface area contributed by atoms with E-state index in [1.807, 2.05) is 43.3 Å². The van der Waals surface area contributed by atoms with Crippen LogP contribution in [0.4, 0.5) is 0 Å². The number of furan rings is 1. The van der Waals surface area contributed by atoms with E-state index in [4.69, 9.17) is 4.42 Å². The second-order valence-corrected chi connectivity index (χ2v) is 4.56. The van der Waals surface area contributed by atoms with Gasteiger partial charge in [0.1, 0.15) is 0 Å². The predicted molar refractivity (Wildman–Crippen MR) is 75.5 cm³/mol. The van der Waals surface area contributed by atoms with E-state index in [0.29, 0.717) is 5.71 Å². The molecule has 0 amide bonds. The highest BCUT2D eigenvalue weighted by molar-refractivity contribution is 5.92. The van der Waals surface area contributed by atoms with Gasteiger partial charge in [0.15, 0.2) is 0 Å². The number of rotatable bonds is 2. The molecule has 0 N–H and O–H groups in total. The summed E-state index contributed by atoms with van der Waals surface area (Å²) in [5, 5.41) is 0.779. The zero-order valence-corrected chi connectivity index (χ0v) is 11.2. The Balaban J connectivity index is 2.06. The molecule has 0 saturated heterocycles. The largest absolute Gasteiger partial charge is 0.463 e. The van der Waals surface area contributed by atoms with Gasteiger partial charge in [0.2, 0.25) is 11.5 Å². The fraction of sp³-hybridized carbons (Fsp3) is 0.125. The quantitative estimate of drug-likeness (QED) is 0.666. The number of benzene rings is 1. The van der Waals surface area contributed by atoms with Gasteiger partial charge in [-0.2, -0.15) is 0 Å². The van der Waals surface area contributed by atoms with Crippen LogP contribution in [0, 0.1) is 6.92 Å². The van der Waals surface area contributed by atoms with Crippen molar-refractivity contribution >= 4 is 17.1 Å². The number of ether oxygens (including phenoxy) is 1. The van der Waals surface area contributed by atoms with Gasteiger partial charge in [-0.05, 0) is 19.1 Å². The standard InChI is InChI=1S/C16H13NO3/c1-10-3-5-11(6-4-10)13-8-7-12-9-14(16(18)19-2)20-15(12)17-13/h3-9H,1-2H3. The summed E-state index contributed by atoms with van der Waals surface area (Å²) in [6.07, 6.45) is 0. The lowest BCUT2D eigenvalue weighted by atomic mass is 10.1. The zero-order chi connectivity index (χ0) is 14.1. The smallest absolute Gasteiger partial charge is 0.374 e. The van der Waals surface area contributed by atoms with E-state index in [2.05, 4.69) is 9.72 Å². The van der Waals surface area contributed by atoms with Crippen LogP contribution in [0.15, 0.2) is 46.9 Å². The van der Waals surface area contributed by atoms with E-state index < -0.39 is 5.97 Å². The summed E-state index contributed by atoms with van der Waals surface area (Å²) in [7, 11) is 1.32. The lowest BCUT2D eigenvalue weighted by molar-refractivity contribution is 0.0567. The SMILES string of the molecule is COC(=O)c1cc2ccc(-c3ccc(C)cc3)nc2o1. The molecule has 0 fully saturated rings. The van der Waals surface area contributed by atoms with E-state index in [-0.39, 0.29) is 5.76 Å². The summed E-state index contributed by atoms with van der Waals surface area (Å²) in [5.41, 5.74) is 3.45. The first kappa shape index (κ1) is 12.4. The molecule has 0 radical (unpaired) electrons. The number of pyridine rings is 1. The normalized spacial score (nSPS) is 10.7. The number of carbonyl (C=O) groups is 1. The monoisotopic (exact) mass is 267 g/mol. The molecule has 4 heteroatoms. The van der Waals surface area contributed by atoms with Gasteiger partial charge >= 0.3 is 5.97 Å². The Morgan fingerprint density at radius 1 is 1.15 bits per heavy atom. The Kier molecular flexibility index (Phi) is 2.99. The molecular formula is C16H13NO3. The molecule has 4 nitrogen and oxygen atoms in total. The van der Waals surface area contributed by atoms with Crippen molar-refractivity contribution in [2.24, 2.45) is 0 Å². The Hall–Kier alpha value is -2.62. The van der Waals surface area contributed by atoms with E-state index in [1.54, 1.807) is 6.07 Å². The molecule has 3 rings (SSSR count). The minimum Gasteiger partial charge on any atom is -0.463 e. The van der Waals surface area contributed by atoms with E-state index in [0.717, 1.165) is 16.6 Å². The van der Waals surface area contributed by atoms with Gasteiger partial charge < -0.3 is 9.15 Å². The molecule has 0 aliphatic rings. The first-order chi connectivity index (χ1) is 9.67. The minimum absolute atomic E-state index is 0.163. The van der Waals surface area contributed by atoms with Gasteiger partial charge in [-0.3, -0.25) is 0 Å². The van der Waals surface area contributed by atoms with Crippen LogP contribution >= 0.6 is 0 Å². The summed E-state index contributed by atoms with van der Waals surface area (Å²) in [6.45, 7) is 2.04. The molecule has 0 atom stereocenters. The molecule has 0 spiro atoms. The lowest BCUT2D eigenvalue weighted by Crippen LogP contribution is -1.97. The second-order valence-electron chi connectivity index (χ2n) is 4.56. The average molecular weight is 267 g/mol. The molecule has 2 heterocycles. The van der Waals surface area contributed by atoms with Crippen molar-refractivity contribution < 1.29 is 13.9 Å². The zero-order valence-electron chi connectivity index (χ0n) is 11.2. The van der Waals surface area contributed by atoms with Crippen molar-refractivity contribution in [2.45, 2.75) is 6.92 Å². The fourth-order valence-electron chi connectivity index (χ4n) is 2.00. The van der Waals surface area contributed by atoms with E-state index in [9.17, 15) is 4.79 Å². The number of hydrogen-bond donors (Lipinski definition) is 0. The third-order valence-corrected chi connectivity index (χ3v) is 3.12. The molecule has 0 unspecified atom stereocenters. The summed E-state index contributed by atoms with van der Waals surface area (Å²) < 4.78 is 10.1. The van der Waals surface area contributed by atoms with Crippen LogP contribution in [0.3, 0.4) is 0 Å². The lowest BCUT2D eigenvalue weighted by Gasteiger charge is -2.00. The summed E-state index contributed by atoms with van der Waals surface area (Å²) in [5.74, 6) is -0.337. The number of aryl methyl sites for hydroxylation is 1. The average Bonchev–Trinajstić information content (AvgIpc) is 2.90. The van der Waals surface area contributed by atoms with Crippen LogP contribution in [0.25, 0.3) is 22.4 Å². The fourth-order valence-corrected chi connectivity index (χ4v) is 2.00. The number of carbonyl (C=O) groups excluding carboxylic acids is 1. The molecule has 0 saturated carbocycles. The maximum Gasteiger partial charge on any atom is 0.374 e. The van der Waals surface area contributed by atoms with Crippen molar-refractivity contribution in [3.05, 3.63) is 53.8 Å². The topological polar surface area (TPSA) is 52.3 Å². The Labute approximate surface area is 116 Å². The maximum absolute atomic E-state index is 11.4. The molecule has 20 heavy (non-hydrogen) atoms. The van der Waals surface area contributed by atoms with Crippen molar-refractivity contribution in [2.75, 3.05) is 7.11 Å². The molecule has 0 aliphatic heterocycles. The van der Waals surface area contributed by atoms with Crippen LogP contribution in [-0.4, -0.2) is 18.1 Å². The van der Waals surface area contributed by atoms with Crippen molar-refractivity contribution in [1.29, 1.82) is 0 Å². The summed E-state index contributed by atoms with van der Waals surface area (Å²) >= 11 is 0. The number of aromatic nitrogens is 1. The van der Waals surface area contributed by atoms with Gasteiger partial charge in [-0.25, -0.2) is 9.78 Å². The van der Waals surface area contributed by atoms with Crippen LogP contribution in [0.2, 0.25) is 0 Å². The molecule has 100 valence electrons. The Bertz CT molecular complexity index is 772. The predicted octanol–water partition coefficient (Wildman–Crippen LogP) is 3.59. The first-order valence-electron chi connectivity index (χ1n) is 6.23. The second kappa shape index (κ2) is 4.81. The number of hydrogen-bond acceptors (Lipinski definition) is 4. The number of esters is 1. The highest BCUT2D eigenvalue weighted by Crippen LogP contribution is 2.24. The number of fused-ring (bicyclic) bond motifs is 1. The first-order valence-corrected chi connectivity index (χ1v) is 6.23. The van der Waals surface area contributed by atoms with Gasteiger partial charge in [0, 0.05) is 17.0 Å². The van der Waals surface area contributed by atoms with Crippen LogP contribution < -0.4 is 0 Å². The van der Waals surface area contributed by atoms with Crippen LogP contribution in [0.1, 0.15) is 16.1 Å². The highest BCUT2D eigenvalue weighted by Gasteiger charge is 2.13. The van der Waals surface area contributed by atoms with Crippen LogP contribution in [-0.2, 0) is 4.74 Å². The van der Waals surface area contributed by atoms with Gasteiger partial charge in [-0.15, -0.1) is 0 Å². The van der Waals surface area contributed by atoms with Gasteiger partial charge in [-0.1, -0.05) is 29.8 Å². The molecule has 1 aromatic carbocycles. The van der Waals surface area contributed by atoms with E-state index in [1.165, 1.54) is 12.7 Å². The van der Waals surface area contributed by atoms with Gasteiger partial charge in [0.25, 0.3) is 0 Å². The van der Waals surface area contributed by atoms with Gasteiger partial charge in [0.05, 0.1) is 12.8 Å². The molecular weight excluding hydrogens is 254 g/mol. The third-order valence-electron chi connectivity index (χ3n) is 3.12. The van der Waals surface area contributed by atoms with Crippen molar-refractivity contribution in [3.8, 4) is 11.3 Å². The molecule has 2 aromatic heterocycles. The highest BCUT2D eigenvalue weighted by atomic mass is 16.5. The third kappa shape index (κ3) is 2.16. The van der Waals surface area contributed by atoms with E-state index >= 15 is 0 Å². The molecule has 3 aromatic rings. The van der Waals surface area contributed by atoms with Crippen molar-refractivity contribution in [3.63, 3.8) is 0 Å². The summed E-state index contributed by atoms with van der Waals surface area (Å²) in [4.78, 5) is 15.9. The van der Waals surface area contributed by atoms with Crippen LogP contribution in [0.5, 0.6) is 0 Å². The molecule has 0 bridgehead atoms. The number of nitrogens with zero attached hydrogens (tertiary/aromatic N) is 1.